The summed E-state index contributed by atoms with van der Waals surface area (Å²) in [7, 11) is 0. The van der Waals surface area contributed by atoms with Crippen molar-refractivity contribution in [1.82, 2.24) is 5.32 Å². The molecule has 1 saturated carbocycles. The van der Waals surface area contributed by atoms with Crippen LogP contribution in [0.25, 0.3) is 0 Å². The van der Waals surface area contributed by atoms with Gasteiger partial charge >= 0.3 is 0 Å². The fraction of sp³-hybridized carbons (Fsp3) is 0.533. The summed E-state index contributed by atoms with van der Waals surface area (Å²) in [5, 5.41) is 3.04. The van der Waals surface area contributed by atoms with E-state index in [-0.39, 0.29) is 11.8 Å². The minimum Gasteiger partial charge on any atom is -0.352 e. The largest absolute Gasteiger partial charge is 0.352 e. The molecule has 1 fully saturated rings. The maximum absolute atomic E-state index is 12.1. The molecule has 1 aliphatic carbocycles. The number of halogens is 1. The Hall–Kier alpha value is -0.870. The van der Waals surface area contributed by atoms with Crippen molar-refractivity contribution < 1.29 is 4.79 Å². The van der Waals surface area contributed by atoms with E-state index in [1.54, 1.807) is 0 Å². The minimum atomic E-state index is 0.172. The van der Waals surface area contributed by atoms with Crippen LogP contribution in [-0.4, -0.2) is 12.5 Å². The highest BCUT2D eigenvalue weighted by Gasteiger charge is 2.25. The van der Waals surface area contributed by atoms with Crippen molar-refractivity contribution in [3.8, 4) is 0 Å². The molecule has 0 unspecified atom stereocenters. The second kappa shape index (κ2) is 7.06. The molecule has 2 rings (SSSR count). The van der Waals surface area contributed by atoms with Crippen LogP contribution < -0.4 is 11.1 Å². The first-order valence-corrected chi connectivity index (χ1v) is 7.71. The van der Waals surface area contributed by atoms with Gasteiger partial charge in [-0.05, 0) is 49.8 Å². The van der Waals surface area contributed by atoms with Gasteiger partial charge in [-0.2, -0.15) is 0 Å². The molecule has 1 amide bonds. The third-order valence-corrected chi connectivity index (χ3v) is 4.74. The summed E-state index contributed by atoms with van der Waals surface area (Å²) in [4.78, 5) is 12.1. The minimum absolute atomic E-state index is 0.172. The predicted molar refractivity (Wildman–Crippen MR) is 80.5 cm³/mol. The van der Waals surface area contributed by atoms with Crippen molar-refractivity contribution in [2.45, 2.75) is 32.2 Å². The summed E-state index contributed by atoms with van der Waals surface area (Å²) in [5.41, 5.74) is 6.79. The number of hydrogen-bond acceptors (Lipinski definition) is 2. The molecule has 0 radical (unpaired) electrons. The van der Waals surface area contributed by atoms with Crippen molar-refractivity contribution in [2.75, 3.05) is 6.54 Å². The van der Waals surface area contributed by atoms with E-state index in [0.717, 1.165) is 42.3 Å². The number of amides is 1. The van der Waals surface area contributed by atoms with E-state index in [1.807, 2.05) is 24.3 Å². The third-order valence-electron chi connectivity index (χ3n) is 3.96. The molecular weight excluding hydrogens is 304 g/mol. The molecule has 1 aliphatic rings. The number of carbonyl (C=O) groups excluding carboxylic acids is 1. The molecule has 1 aromatic rings. The molecular formula is C15H21BrN2O. The molecule has 0 saturated heterocycles. The van der Waals surface area contributed by atoms with Crippen molar-refractivity contribution in [3.05, 3.63) is 34.3 Å². The zero-order valence-electron chi connectivity index (χ0n) is 11.1. The van der Waals surface area contributed by atoms with Gasteiger partial charge in [-0.15, -0.1) is 0 Å². The number of nitrogens with one attached hydrogen (secondary N) is 1. The Bertz CT molecular complexity index is 428. The van der Waals surface area contributed by atoms with Crippen LogP contribution in [-0.2, 0) is 11.3 Å². The van der Waals surface area contributed by atoms with Crippen LogP contribution >= 0.6 is 15.9 Å². The Labute approximate surface area is 123 Å². The topological polar surface area (TPSA) is 55.1 Å². The molecule has 3 N–H and O–H groups in total. The zero-order chi connectivity index (χ0) is 13.7. The van der Waals surface area contributed by atoms with Crippen LogP contribution in [0.5, 0.6) is 0 Å². The lowest BCUT2D eigenvalue weighted by molar-refractivity contribution is -0.126. The Balaban J connectivity index is 1.81. The lowest BCUT2D eigenvalue weighted by Gasteiger charge is -2.26. The Morgan fingerprint density at radius 1 is 1.26 bits per heavy atom. The zero-order valence-corrected chi connectivity index (χ0v) is 12.7. The molecule has 0 heterocycles. The predicted octanol–water partition coefficient (Wildman–Crippen LogP) is 2.83. The number of benzene rings is 1. The summed E-state index contributed by atoms with van der Waals surface area (Å²) >= 11 is 3.49. The summed E-state index contributed by atoms with van der Waals surface area (Å²) in [6, 6.07) is 7.98. The third kappa shape index (κ3) is 4.05. The maximum atomic E-state index is 12.1. The van der Waals surface area contributed by atoms with Gasteiger partial charge in [0.1, 0.15) is 0 Å². The second-order valence-electron chi connectivity index (χ2n) is 5.26. The van der Waals surface area contributed by atoms with Crippen LogP contribution in [0.3, 0.4) is 0 Å². The van der Waals surface area contributed by atoms with E-state index in [9.17, 15) is 4.79 Å². The Morgan fingerprint density at radius 2 is 1.95 bits per heavy atom. The number of hydrogen-bond donors (Lipinski definition) is 2. The van der Waals surface area contributed by atoms with Gasteiger partial charge in [0.25, 0.3) is 0 Å². The van der Waals surface area contributed by atoms with Crippen molar-refractivity contribution in [3.63, 3.8) is 0 Å². The smallest absolute Gasteiger partial charge is 0.223 e. The highest BCUT2D eigenvalue weighted by atomic mass is 79.9. The fourth-order valence-corrected chi connectivity index (χ4v) is 3.05. The van der Waals surface area contributed by atoms with E-state index >= 15 is 0 Å². The van der Waals surface area contributed by atoms with Crippen LogP contribution in [0.1, 0.15) is 31.2 Å². The molecule has 4 heteroatoms. The molecule has 0 spiro atoms. The molecule has 1 aromatic carbocycles. The molecule has 104 valence electrons. The van der Waals surface area contributed by atoms with Gasteiger partial charge in [0, 0.05) is 16.9 Å². The summed E-state index contributed by atoms with van der Waals surface area (Å²) in [6.45, 7) is 1.35. The Morgan fingerprint density at radius 3 is 2.58 bits per heavy atom. The highest BCUT2D eigenvalue weighted by Crippen LogP contribution is 2.28. The molecule has 0 aliphatic heterocycles. The lowest BCUT2D eigenvalue weighted by Crippen LogP contribution is -2.34. The van der Waals surface area contributed by atoms with E-state index < -0.39 is 0 Å². The highest BCUT2D eigenvalue weighted by molar-refractivity contribution is 9.10. The van der Waals surface area contributed by atoms with Crippen molar-refractivity contribution in [1.29, 1.82) is 0 Å². The van der Waals surface area contributed by atoms with Crippen LogP contribution in [0.2, 0.25) is 0 Å². The normalized spacial score (nSPS) is 23.1. The fourth-order valence-electron chi connectivity index (χ4n) is 2.63. The van der Waals surface area contributed by atoms with Crippen LogP contribution in [0.4, 0.5) is 0 Å². The van der Waals surface area contributed by atoms with Crippen LogP contribution in [0, 0.1) is 11.8 Å². The Kier molecular flexibility index (Phi) is 5.40. The van der Waals surface area contributed by atoms with Crippen LogP contribution in [0.15, 0.2) is 28.7 Å². The van der Waals surface area contributed by atoms with Crippen molar-refractivity contribution >= 4 is 21.8 Å². The number of rotatable bonds is 4. The van der Waals surface area contributed by atoms with Crippen molar-refractivity contribution in [2.24, 2.45) is 17.6 Å². The summed E-state index contributed by atoms with van der Waals surface area (Å²) in [5.74, 6) is 0.976. The quantitative estimate of drug-likeness (QED) is 0.894. The summed E-state index contributed by atoms with van der Waals surface area (Å²) < 4.78 is 1.04. The number of nitrogens with two attached hydrogens (primary N) is 1. The monoisotopic (exact) mass is 324 g/mol. The second-order valence-corrected chi connectivity index (χ2v) is 6.12. The molecule has 0 atom stereocenters. The average molecular weight is 325 g/mol. The van der Waals surface area contributed by atoms with E-state index in [1.165, 1.54) is 0 Å². The van der Waals surface area contributed by atoms with Gasteiger partial charge in [0.15, 0.2) is 0 Å². The average Bonchev–Trinajstić information content (AvgIpc) is 2.46. The van der Waals surface area contributed by atoms with Gasteiger partial charge in [-0.3, -0.25) is 4.79 Å². The number of carbonyl (C=O) groups is 1. The van der Waals surface area contributed by atoms with E-state index in [4.69, 9.17) is 5.73 Å². The SMILES string of the molecule is NCC1CCC(C(=O)NCc2ccccc2Br)CC1. The molecule has 0 bridgehead atoms. The van der Waals surface area contributed by atoms with Gasteiger partial charge in [-0.25, -0.2) is 0 Å². The van der Waals surface area contributed by atoms with Gasteiger partial charge in [-0.1, -0.05) is 34.1 Å². The van der Waals surface area contributed by atoms with E-state index in [2.05, 4.69) is 21.2 Å². The summed E-state index contributed by atoms with van der Waals surface area (Å²) in [6.07, 6.45) is 4.13. The molecule has 19 heavy (non-hydrogen) atoms. The maximum Gasteiger partial charge on any atom is 0.223 e. The van der Waals surface area contributed by atoms with E-state index in [0.29, 0.717) is 12.5 Å². The molecule has 0 aromatic heterocycles. The van der Waals surface area contributed by atoms with Gasteiger partial charge < -0.3 is 11.1 Å². The first-order valence-electron chi connectivity index (χ1n) is 6.92. The standard InChI is InChI=1S/C15H21BrN2O/c16-14-4-2-1-3-13(14)10-18-15(19)12-7-5-11(9-17)6-8-12/h1-4,11-12H,5-10,17H2,(H,18,19). The van der Waals surface area contributed by atoms with Gasteiger partial charge in [0.2, 0.25) is 5.91 Å². The van der Waals surface area contributed by atoms with Gasteiger partial charge in [0.05, 0.1) is 0 Å². The molecule has 3 nitrogen and oxygen atoms in total. The lowest BCUT2D eigenvalue weighted by atomic mass is 9.81. The first kappa shape index (κ1) is 14.5. The first-order chi connectivity index (χ1) is 9.20.